The lowest BCUT2D eigenvalue weighted by molar-refractivity contribution is -0.140. The molecule has 154 valence electrons. The van der Waals surface area contributed by atoms with Crippen LogP contribution in [0.15, 0.2) is 34.4 Å². The number of methoxy groups -OCH3 is 3. The van der Waals surface area contributed by atoms with Crippen molar-refractivity contribution in [3.8, 4) is 5.75 Å². The van der Waals surface area contributed by atoms with Crippen molar-refractivity contribution in [1.29, 1.82) is 0 Å². The van der Waals surface area contributed by atoms with Gasteiger partial charge in [0.1, 0.15) is 18.2 Å². The zero-order valence-electron chi connectivity index (χ0n) is 15.6. The number of carbonyl (C=O) groups excluding carboxylic acids is 2. The number of aliphatic hydroxyl groups excluding tert-OH is 1. The molecule has 2 rings (SSSR count). The van der Waals surface area contributed by atoms with E-state index in [1.54, 1.807) is 0 Å². The maximum absolute atomic E-state index is 12.4. The molecule has 10 nitrogen and oxygen atoms in total. The maximum Gasteiger partial charge on any atom is 0.355 e. The molecular weight excluding hydrogens is 394 g/mol. The zero-order valence-corrected chi connectivity index (χ0v) is 16.4. The molecule has 0 unspecified atom stereocenters. The molecule has 1 N–H and O–H groups in total. The van der Waals surface area contributed by atoms with Gasteiger partial charge in [0.05, 0.1) is 56.5 Å². The van der Waals surface area contributed by atoms with Crippen molar-refractivity contribution in [1.82, 2.24) is 0 Å². The van der Waals surface area contributed by atoms with Gasteiger partial charge >= 0.3 is 11.9 Å². The number of anilines is 1. The molecule has 1 aromatic rings. The highest BCUT2D eigenvalue weighted by Gasteiger charge is 2.34. The van der Waals surface area contributed by atoms with Gasteiger partial charge in [-0.05, 0) is 18.2 Å². The molecule has 1 aromatic carbocycles. The minimum absolute atomic E-state index is 0.0775. The molecule has 0 saturated heterocycles. The van der Waals surface area contributed by atoms with Crippen molar-refractivity contribution in [3.63, 3.8) is 0 Å². The summed E-state index contributed by atoms with van der Waals surface area (Å²) in [7, 11) is -0.0933. The van der Waals surface area contributed by atoms with Gasteiger partial charge in [-0.3, -0.25) is 0 Å². The third-order valence-electron chi connectivity index (χ3n) is 3.99. The number of rotatable bonds is 7. The Balaban J connectivity index is 2.69. The minimum atomic E-state index is -3.77. The largest absolute Gasteiger partial charge is 0.495 e. The van der Waals surface area contributed by atoms with Crippen molar-refractivity contribution in [2.75, 3.05) is 51.9 Å². The summed E-state index contributed by atoms with van der Waals surface area (Å²) in [5.41, 5.74) is -0.0510. The summed E-state index contributed by atoms with van der Waals surface area (Å²) in [5, 5.41) is 9.00. The molecule has 0 bridgehead atoms. The maximum atomic E-state index is 12.4. The van der Waals surface area contributed by atoms with E-state index in [0.717, 1.165) is 14.2 Å². The molecule has 0 aliphatic carbocycles. The third-order valence-corrected chi connectivity index (χ3v) is 5.69. The van der Waals surface area contributed by atoms with E-state index >= 15 is 0 Å². The van der Waals surface area contributed by atoms with Gasteiger partial charge in [0.2, 0.25) is 0 Å². The normalized spacial score (nSPS) is 14.6. The van der Waals surface area contributed by atoms with Crippen LogP contribution in [0.4, 0.5) is 5.69 Å². The smallest absolute Gasteiger partial charge is 0.355 e. The number of hydrogen-bond acceptors (Lipinski definition) is 10. The lowest BCUT2D eigenvalue weighted by atomic mass is 10.1. The zero-order chi connectivity index (χ0) is 20.9. The van der Waals surface area contributed by atoms with Gasteiger partial charge in [-0.2, -0.15) is 0 Å². The van der Waals surface area contributed by atoms with Crippen LogP contribution in [-0.4, -0.2) is 72.5 Å². The molecule has 0 fully saturated rings. The molecule has 1 aliphatic rings. The van der Waals surface area contributed by atoms with Crippen LogP contribution in [0.3, 0.4) is 0 Å². The molecule has 1 aliphatic heterocycles. The standard InChI is InChI=1S/C17H21NO9S/c1-24-14-5-4-11(28(22,23)7-6-19)8-13(14)18-10-27-9-12(16(20)25-2)15(18)17(21)26-3/h4-5,8,19H,6-7,9-10H2,1-3H3. The first-order valence-corrected chi connectivity index (χ1v) is 9.72. The fourth-order valence-corrected chi connectivity index (χ4v) is 3.69. The molecule has 0 saturated carbocycles. The highest BCUT2D eigenvalue weighted by molar-refractivity contribution is 7.91. The van der Waals surface area contributed by atoms with E-state index in [2.05, 4.69) is 0 Å². The summed E-state index contributed by atoms with van der Waals surface area (Å²) < 4.78 is 44.8. The first-order chi connectivity index (χ1) is 13.3. The monoisotopic (exact) mass is 415 g/mol. The van der Waals surface area contributed by atoms with Gasteiger partial charge in [-0.1, -0.05) is 0 Å². The van der Waals surface area contributed by atoms with Gasteiger partial charge < -0.3 is 29.0 Å². The second kappa shape index (κ2) is 9.04. The number of aliphatic hydroxyl groups is 1. The third kappa shape index (κ3) is 4.26. The van der Waals surface area contributed by atoms with Crippen molar-refractivity contribution in [3.05, 3.63) is 29.5 Å². The minimum Gasteiger partial charge on any atom is -0.495 e. The average Bonchev–Trinajstić information content (AvgIpc) is 2.71. The van der Waals surface area contributed by atoms with Gasteiger partial charge in [0, 0.05) is 0 Å². The van der Waals surface area contributed by atoms with Gasteiger partial charge in [0.25, 0.3) is 0 Å². The van der Waals surface area contributed by atoms with E-state index in [1.165, 1.54) is 30.2 Å². The molecule has 0 amide bonds. The SMILES string of the molecule is COC(=O)C1=C(C(=O)OC)N(c2cc(S(=O)(=O)CCO)ccc2OC)COC1. The molecule has 11 heteroatoms. The van der Waals surface area contributed by atoms with Crippen molar-refractivity contribution >= 4 is 27.5 Å². The van der Waals surface area contributed by atoms with Crippen LogP contribution < -0.4 is 9.64 Å². The number of sulfone groups is 1. The summed E-state index contributed by atoms with van der Waals surface area (Å²) in [5.74, 6) is -1.84. The van der Waals surface area contributed by atoms with Crippen LogP contribution in [-0.2, 0) is 33.6 Å². The topological polar surface area (TPSA) is 129 Å². The molecule has 1 heterocycles. The van der Waals surface area contributed by atoms with Crippen molar-refractivity contribution in [2.45, 2.75) is 4.90 Å². The first-order valence-electron chi connectivity index (χ1n) is 8.07. The Kier molecular flexibility index (Phi) is 7.00. The Morgan fingerprint density at radius 3 is 2.43 bits per heavy atom. The Bertz CT molecular complexity index is 892. The molecule has 0 aromatic heterocycles. The molecule has 0 atom stereocenters. The number of ether oxygens (including phenoxy) is 4. The van der Waals surface area contributed by atoms with Crippen LogP contribution in [0, 0.1) is 0 Å². The number of benzene rings is 1. The first kappa shape index (κ1) is 21.7. The highest BCUT2D eigenvalue weighted by Crippen LogP contribution is 2.36. The van der Waals surface area contributed by atoms with Crippen molar-refractivity contribution < 1.29 is 42.1 Å². The number of carbonyl (C=O) groups is 2. The summed E-state index contributed by atoms with van der Waals surface area (Å²) >= 11 is 0. The summed E-state index contributed by atoms with van der Waals surface area (Å²) in [6.45, 7) is -0.889. The Morgan fingerprint density at radius 2 is 1.86 bits per heavy atom. The molecular formula is C17H21NO9S. The molecule has 28 heavy (non-hydrogen) atoms. The fourth-order valence-electron chi connectivity index (χ4n) is 2.65. The summed E-state index contributed by atoms with van der Waals surface area (Å²) in [6, 6.07) is 4.00. The van der Waals surface area contributed by atoms with Crippen LogP contribution in [0.5, 0.6) is 5.75 Å². The predicted octanol–water partition coefficient (Wildman–Crippen LogP) is -0.145. The average molecular weight is 415 g/mol. The van der Waals surface area contributed by atoms with E-state index in [4.69, 9.17) is 24.1 Å². The Morgan fingerprint density at radius 1 is 1.18 bits per heavy atom. The van der Waals surface area contributed by atoms with Crippen LogP contribution in [0.25, 0.3) is 0 Å². The lowest BCUT2D eigenvalue weighted by Gasteiger charge is -2.32. The van der Waals surface area contributed by atoms with E-state index in [0.29, 0.717) is 0 Å². The van der Waals surface area contributed by atoms with Crippen LogP contribution in [0.1, 0.15) is 0 Å². The van der Waals surface area contributed by atoms with E-state index in [1.807, 2.05) is 0 Å². The van der Waals surface area contributed by atoms with Crippen molar-refractivity contribution in [2.24, 2.45) is 0 Å². The number of nitrogens with zero attached hydrogens (tertiary/aromatic N) is 1. The Labute approximate surface area is 162 Å². The van der Waals surface area contributed by atoms with E-state index < -0.39 is 34.1 Å². The van der Waals surface area contributed by atoms with Gasteiger partial charge in [0.15, 0.2) is 9.84 Å². The highest BCUT2D eigenvalue weighted by atomic mass is 32.2. The summed E-state index contributed by atoms with van der Waals surface area (Å²) in [4.78, 5) is 25.7. The second-order valence-corrected chi connectivity index (χ2v) is 7.70. The van der Waals surface area contributed by atoms with Gasteiger partial charge in [-0.25, -0.2) is 18.0 Å². The fraction of sp³-hybridized carbons (Fsp3) is 0.412. The number of hydrogen-bond donors (Lipinski definition) is 1. The van der Waals surface area contributed by atoms with Gasteiger partial charge in [-0.15, -0.1) is 0 Å². The lowest BCUT2D eigenvalue weighted by Crippen LogP contribution is -2.39. The number of esters is 2. The second-order valence-electron chi connectivity index (χ2n) is 5.59. The molecule has 0 radical (unpaired) electrons. The predicted molar refractivity (Wildman–Crippen MR) is 96.5 cm³/mol. The van der Waals surface area contributed by atoms with E-state index in [9.17, 15) is 18.0 Å². The van der Waals surface area contributed by atoms with Crippen LogP contribution >= 0.6 is 0 Å². The van der Waals surface area contributed by atoms with E-state index in [-0.39, 0.29) is 40.9 Å². The molecule has 0 spiro atoms. The Hall–Kier alpha value is -2.63. The quantitative estimate of drug-likeness (QED) is 0.601. The van der Waals surface area contributed by atoms with Crippen LogP contribution in [0.2, 0.25) is 0 Å². The summed E-state index contributed by atoms with van der Waals surface area (Å²) in [6.07, 6.45) is 0.